The zero-order valence-electron chi connectivity index (χ0n) is 13.6. The molecule has 1 saturated heterocycles. The molecule has 1 unspecified atom stereocenters. The van der Waals surface area contributed by atoms with E-state index in [1.54, 1.807) is 14.2 Å². The minimum Gasteiger partial charge on any atom is -0.493 e. The van der Waals surface area contributed by atoms with Crippen LogP contribution in [0.5, 0.6) is 11.5 Å². The van der Waals surface area contributed by atoms with Crippen LogP contribution < -0.4 is 14.8 Å². The van der Waals surface area contributed by atoms with Crippen LogP contribution in [0, 0.1) is 0 Å². The Labute approximate surface area is 132 Å². The summed E-state index contributed by atoms with van der Waals surface area (Å²) in [6.45, 7) is 5.92. The summed E-state index contributed by atoms with van der Waals surface area (Å²) in [6, 6.07) is 4.27. The SMILES string of the molecule is COc1cc2c(cc1OC)CCN(CC1CNCCO1)CC2. The molecule has 0 amide bonds. The summed E-state index contributed by atoms with van der Waals surface area (Å²) in [5.74, 6) is 1.66. The smallest absolute Gasteiger partial charge is 0.161 e. The van der Waals surface area contributed by atoms with Crippen LogP contribution in [0.1, 0.15) is 11.1 Å². The van der Waals surface area contributed by atoms with Gasteiger partial charge in [0, 0.05) is 32.7 Å². The summed E-state index contributed by atoms with van der Waals surface area (Å²) in [6.07, 6.45) is 2.42. The van der Waals surface area contributed by atoms with Crippen LogP contribution in [0.4, 0.5) is 0 Å². The van der Waals surface area contributed by atoms with Crippen LogP contribution in [-0.4, -0.2) is 64.6 Å². The quantitative estimate of drug-likeness (QED) is 0.902. The third-order valence-electron chi connectivity index (χ3n) is 4.57. The Kier molecular flexibility index (Phi) is 5.18. The fourth-order valence-corrected chi connectivity index (χ4v) is 3.31. The van der Waals surface area contributed by atoms with Crippen molar-refractivity contribution in [2.24, 2.45) is 0 Å². The predicted molar refractivity (Wildman–Crippen MR) is 86.0 cm³/mol. The van der Waals surface area contributed by atoms with E-state index >= 15 is 0 Å². The van der Waals surface area contributed by atoms with Gasteiger partial charge in [0.05, 0.1) is 26.9 Å². The van der Waals surface area contributed by atoms with Gasteiger partial charge in [-0.1, -0.05) is 0 Å². The first-order valence-electron chi connectivity index (χ1n) is 8.08. The molecule has 2 heterocycles. The van der Waals surface area contributed by atoms with Crippen molar-refractivity contribution in [1.82, 2.24) is 10.2 Å². The average molecular weight is 306 g/mol. The van der Waals surface area contributed by atoms with Crippen LogP contribution in [-0.2, 0) is 17.6 Å². The Morgan fingerprint density at radius 2 is 1.77 bits per heavy atom. The molecule has 5 heteroatoms. The number of hydrogen-bond donors (Lipinski definition) is 1. The molecule has 2 aliphatic heterocycles. The van der Waals surface area contributed by atoms with Gasteiger partial charge in [0.25, 0.3) is 0 Å². The van der Waals surface area contributed by atoms with Crippen molar-refractivity contribution in [3.8, 4) is 11.5 Å². The Morgan fingerprint density at radius 1 is 1.14 bits per heavy atom. The summed E-state index contributed by atoms with van der Waals surface area (Å²) in [4.78, 5) is 2.51. The molecule has 0 bridgehead atoms. The lowest BCUT2D eigenvalue weighted by Crippen LogP contribution is -2.45. The molecular formula is C17H26N2O3. The Balaban J connectivity index is 1.66. The van der Waals surface area contributed by atoms with Gasteiger partial charge in [0.1, 0.15) is 0 Å². The highest BCUT2D eigenvalue weighted by Gasteiger charge is 2.21. The van der Waals surface area contributed by atoms with E-state index in [-0.39, 0.29) is 0 Å². The molecule has 0 radical (unpaired) electrons. The number of fused-ring (bicyclic) bond motifs is 1. The maximum absolute atomic E-state index is 5.83. The molecule has 0 spiro atoms. The van der Waals surface area contributed by atoms with Crippen molar-refractivity contribution >= 4 is 0 Å². The molecule has 0 aromatic heterocycles. The number of rotatable bonds is 4. The fourth-order valence-electron chi connectivity index (χ4n) is 3.31. The number of nitrogens with zero attached hydrogens (tertiary/aromatic N) is 1. The second-order valence-corrected chi connectivity index (χ2v) is 5.97. The lowest BCUT2D eigenvalue weighted by molar-refractivity contribution is 0.00628. The number of nitrogens with one attached hydrogen (secondary N) is 1. The lowest BCUT2D eigenvalue weighted by atomic mass is 10.0. The fraction of sp³-hybridized carbons (Fsp3) is 0.647. The molecular weight excluding hydrogens is 280 g/mol. The second-order valence-electron chi connectivity index (χ2n) is 5.97. The van der Waals surface area contributed by atoms with Gasteiger partial charge in [-0.05, 0) is 36.1 Å². The van der Waals surface area contributed by atoms with E-state index < -0.39 is 0 Å². The number of hydrogen-bond acceptors (Lipinski definition) is 5. The molecule has 1 atom stereocenters. The highest BCUT2D eigenvalue weighted by molar-refractivity contribution is 5.48. The van der Waals surface area contributed by atoms with Crippen molar-refractivity contribution in [1.29, 1.82) is 0 Å². The van der Waals surface area contributed by atoms with E-state index in [1.807, 2.05) is 0 Å². The van der Waals surface area contributed by atoms with Crippen molar-refractivity contribution in [2.45, 2.75) is 18.9 Å². The summed E-state index contributed by atoms with van der Waals surface area (Å²) in [5.41, 5.74) is 2.76. The van der Waals surface area contributed by atoms with Crippen LogP contribution in [0.2, 0.25) is 0 Å². The first-order chi connectivity index (χ1) is 10.8. The number of benzene rings is 1. The van der Waals surface area contributed by atoms with Crippen LogP contribution in [0.25, 0.3) is 0 Å². The Hall–Kier alpha value is -1.30. The highest BCUT2D eigenvalue weighted by Crippen LogP contribution is 2.32. The molecule has 1 aromatic carbocycles. The van der Waals surface area contributed by atoms with Crippen molar-refractivity contribution in [3.63, 3.8) is 0 Å². The molecule has 0 saturated carbocycles. The predicted octanol–water partition coefficient (Wildman–Crippen LogP) is 1.09. The Bertz CT molecular complexity index is 466. The average Bonchev–Trinajstić information content (AvgIpc) is 2.76. The van der Waals surface area contributed by atoms with Gasteiger partial charge in [-0.3, -0.25) is 0 Å². The van der Waals surface area contributed by atoms with Crippen LogP contribution in [0.3, 0.4) is 0 Å². The Morgan fingerprint density at radius 3 is 2.27 bits per heavy atom. The van der Waals surface area contributed by atoms with Crippen LogP contribution >= 0.6 is 0 Å². The molecule has 2 aliphatic rings. The largest absolute Gasteiger partial charge is 0.493 e. The monoisotopic (exact) mass is 306 g/mol. The van der Waals surface area contributed by atoms with Gasteiger partial charge in [-0.25, -0.2) is 0 Å². The van der Waals surface area contributed by atoms with E-state index in [4.69, 9.17) is 14.2 Å². The number of ether oxygens (including phenoxy) is 3. The van der Waals surface area contributed by atoms with Gasteiger partial charge in [0.2, 0.25) is 0 Å². The lowest BCUT2D eigenvalue weighted by Gasteiger charge is -2.29. The maximum atomic E-state index is 5.83. The summed E-state index contributed by atoms with van der Waals surface area (Å²) in [7, 11) is 3.39. The summed E-state index contributed by atoms with van der Waals surface area (Å²) >= 11 is 0. The van der Waals surface area contributed by atoms with Gasteiger partial charge >= 0.3 is 0 Å². The van der Waals surface area contributed by atoms with Gasteiger partial charge in [-0.15, -0.1) is 0 Å². The molecule has 5 nitrogen and oxygen atoms in total. The third-order valence-corrected chi connectivity index (χ3v) is 4.57. The van der Waals surface area contributed by atoms with E-state index in [2.05, 4.69) is 22.3 Å². The van der Waals surface area contributed by atoms with Crippen molar-refractivity contribution < 1.29 is 14.2 Å². The zero-order chi connectivity index (χ0) is 15.4. The first kappa shape index (κ1) is 15.6. The standard InChI is InChI=1S/C17H26N2O3/c1-20-16-9-13-3-6-19(12-15-11-18-5-8-22-15)7-4-14(13)10-17(16)21-2/h9-10,15,18H,3-8,11-12H2,1-2H3. The third kappa shape index (κ3) is 3.54. The molecule has 1 fully saturated rings. The van der Waals surface area contributed by atoms with Gasteiger partial charge in [0.15, 0.2) is 11.5 Å². The van der Waals surface area contributed by atoms with Crippen molar-refractivity contribution in [2.75, 3.05) is 53.6 Å². The van der Waals surface area contributed by atoms with E-state index in [0.29, 0.717) is 6.10 Å². The van der Waals surface area contributed by atoms with Gasteiger partial charge < -0.3 is 24.4 Å². The first-order valence-corrected chi connectivity index (χ1v) is 8.08. The van der Waals surface area contributed by atoms with Crippen molar-refractivity contribution in [3.05, 3.63) is 23.3 Å². The second kappa shape index (κ2) is 7.31. The van der Waals surface area contributed by atoms with Gasteiger partial charge in [-0.2, -0.15) is 0 Å². The van der Waals surface area contributed by atoms with E-state index in [1.165, 1.54) is 11.1 Å². The van der Waals surface area contributed by atoms with Crippen LogP contribution in [0.15, 0.2) is 12.1 Å². The minimum atomic E-state index is 0.319. The maximum Gasteiger partial charge on any atom is 0.161 e. The molecule has 3 rings (SSSR count). The van der Waals surface area contributed by atoms with E-state index in [9.17, 15) is 0 Å². The summed E-state index contributed by atoms with van der Waals surface area (Å²) < 4.78 is 16.7. The highest BCUT2D eigenvalue weighted by atomic mass is 16.5. The topological polar surface area (TPSA) is 43.0 Å². The minimum absolute atomic E-state index is 0.319. The molecule has 122 valence electrons. The molecule has 22 heavy (non-hydrogen) atoms. The van der Waals surface area contributed by atoms with E-state index in [0.717, 1.165) is 63.7 Å². The summed E-state index contributed by atoms with van der Waals surface area (Å²) in [5, 5.41) is 3.40. The number of methoxy groups -OCH3 is 2. The molecule has 1 aromatic rings. The normalized spacial score (nSPS) is 22.7. The zero-order valence-corrected chi connectivity index (χ0v) is 13.6. The molecule has 1 N–H and O–H groups in total. The number of morpholine rings is 1. The molecule has 0 aliphatic carbocycles.